The Morgan fingerprint density at radius 2 is 1.28 bits per heavy atom. The Hall–Kier alpha value is -1.54. The van der Waals surface area contributed by atoms with Gasteiger partial charge in [0.05, 0.1) is 25.4 Å². The molecule has 2 fully saturated rings. The van der Waals surface area contributed by atoms with Crippen LogP contribution in [0, 0.1) is 0 Å². The number of carbonyl (C=O) groups is 2. The number of rotatable bonds is 3. The van der Waals surface area contributed by atoms with E-state index >= 15 is 0 Å². The van der Waals surface area contributed by atoms with E-state index in [0.717, 1.165) is 25.9 Å². The molecule has 2 aliphatic rings. The van der Waals surface area contributed by atoms with Crippen molar-refractivity contribution in [2.24, 2.45) is 0 Å². The highest BCUT2D eigenvalue weighted by atomic mass is 16.6. The van der Waals surface area contributed by atoms with Crippen LogP contribution in [-0.4, -0.2) is 85.8 Å². The first-order valence-corrected chi connectivity index (χ1v) is 9.06. The van der Waals surface area contributed by atoms with Crippen molar-refractivity contribution in [1.82, 2.24) is 9.80 Å². The first-order chi connectivity index (χ1) is 12.0. The predicted molar refractivity (Wildman–Crippen MR) is 92.5 cm³/mol. The number of likely N-dealkylation sites (tertiary alicyclic amines) is 2. The predicted octanol–water partition coefficient (Wildman–Crippen LogP) is 1.85. The lowest BCUT2D eigenvalue weighted by Crippen LogP contribution is -2.40. The van der Waals surface area contributed by atoms with Crippen LogP contribution in [0.2, 0.25) is 0 Å². The maximum Gasteiger partial charge on any atom is 0.409 e. The zero-order valence-corrected chi connectivity index (χ0v) is 15.6. The van der Waals surface area contributed by atoms with Gasteiger partial charge < -0.3 is 29.1 Å². The molecule has 0 aromatic rings. The summed E-state index contributed by atoms with van der Waals surface area (Å²) in [6, 6.07) is 0. The van der Waals surface area contributed by atoms with E-state index in [0.29, 0.717) is 45.2 Å². The van der Waals surface area contributed by atoms with E-state index in [1.54, 1.807) is 23.8 Å². The molecule has 0 spiro atoms. The summed E-state index contributed by atoms with van der Waals surface area (Å²) in [7, 11) is 1.71. The molecule has 2 saturated heterocycles. The van der Waals surface area contributed by atoms with Gasteiger partial charge in [-0.2, -0.15) is 0 Å². The molecule has 0 aliphatic carbocycles. The first-order valence-electron chi connectivity index (χ1n) is 9.06. The third-order valence-corrected chi connectivity index (χ3v) is 4.29. The van der Waals surface area contributed by atoms with Gasteiger partial charge in [0.2, 0.25) is 0 Å². The van der Waals surface area contributed by atoms with Gasteiger partial charge in [0.25, 0.3) is 0 Å². The zero-order valence-electron chi connectivity index (χ0n) is 15.6. The van der Waals surface area contributed by atoms with Crippen LogP contribution in [0.1, 0.15) is 39.5 Å². The second-order valence-electron chi connectivity index (χ2n) is 6.04. The lowest BCUT2D eigenvalue weighted by atomic mass is 10.1. The highest BCUT2D eigenvalue weighted by Gasteiger charge is 2.23. The van der Waals surface area contributed by atoms with Crippen LogP contribution in [0.3, 0.4) is 0 Å². The number of piperidine rings is 2. The van der Waals surface area contributed by atoms with E-state index in [1.165, 1.54) is 0 Å². The van der Waals surface area contributed by atoms with E-state index in [4.69, 9.17) is 19.3 Å². The lowest BCUT2D eigenvalue weighted by molar-refractivity contribution is 0.0345. The fourth-order valence-corrected chi connectivity index (χ4v) is 2.75. The summed E-state index contributed by atoms with van der Waals surface area (Å²) >= 11 is 0. The normalized spacial score (nSPS) is 19.0. The summed E-state index contributed by atoms with van der Waals surface area (Å²) < 4.78 is 14.9. The van der Waals surface area contributed by atoms with Gasteiger partial charge in [0, 0.05) is 33.3 Å². The smallest absolute Gasteiger partial charge is 0.409 e. The van der Waals surface area contributed by atoms with Crippen LogP contribution < -0.4 is 0 Å². The third-order valence-electron chi connectivity index (χ3n) is 4.29. The van der Waals surface area contributed by atoms with Gasteiger partial charge in [-0.05, 0) is 39.5 Å². The minimum absolute atomic E-state index is 0.197. The molecule has 0 bridgehead atoms. The number of hydrogen-bond acceptors (Lipinski definition) is 6. The van der Waals surface area contributed by atoms with E-state index in [9.17, 15) is 9.59 Å². The van der Waals surface area contributed by atoms with E-state index in [-0.39, 0.29) is 18.3 Å². The largest absolute Gasteiger partial charge is 0.450 e. The Morgan fingerprint density at radius 3 is 1.64 bits per heavy atom. The molecule has 2 aliphatic heterocycles. The highest BCUT2D eigenvalue weighted by molar-refractivity contribution is 5.68. The van der Waals surface area contributed by atoms with Gasteiger partial charge in [-0.1, -0.05) is 0 Å². The molecular formula is C17H32N2O6. The fraction of sp³-hybridized carbons (Fsp3) is 0.882. The summed E-state index contributed by atoms with van der Waals surface area (Å²) in [4.78, 5) is 25.8. The Kier molecular flexibility index (Phi) is 10.3. The standard InChI is InChI=1S/C9H17NO3.C8H15NO3/c1-3-13-9(11)10-6-4-8(12-2)5-7-10;1-2-12-8(11)9-5-3-7(10)4-6-9/h8H,3-7H2,1-2H3;7,10H,2-6H2,1H3. The maximum absolute atomic E-state index is 11.3. The summed E-state index contributed by atoms with van der Waals surface area (Å²) in [5.41, 5.74) is 0. The summed E-state index contributed by atoms with van der Waals surface area (Å²) in [6.45, 7) is 7.19. The number of hydrogen-bond donors (Lipinski definition) is 1. The first kappa shape index (κ1) is 21.5. The number of ether oxygens (including phenoxy) is 3. The van der Waals surface area contributed by atoms with Gasteiger partial charge in [0.1, 0.15) is 0 Å². The van der Waals surface area contributed by atoms with Crippen molar-refractivity contribution in [3.8, 4) is 0 Å². The number of methoxy groups -OCH3 is 1. The van der Waals surface area contributed by atoms with Crippen molar-refractivity contribution in [3.63, 3.8) is 0 Å². The lowest BCUT2D eigenvalue weighted by Gasteiger charge is -2.30. The van der Waals surface area contributed by atoms with Gasteiger partial charge in [-0.15, -0.1) is 0 Å². The molecule has 2 amide bonds. The Morgan fingerprint density at radius 1 is 0.880 bits per heavy atom. The van der Waals surface area contributed by atoms with Gasteiger partial charge >= 0.3 is 12.2 Å². The molecular weight excluding hydrogens is 328 g/mol. The molecule has 0 radical (unpaired) electrons. The topological polar surface area (TPSA) is 88.5 Å². The number of nitrogens with zero attached hydrogens (tertiary/aromatic N) is 2. The fourth-order valence-electron chi connectivity index (χ4n) is 2.75. The van der Waals surface area contributed by atoms with Crippen molar-refractivity contribution in [2.45, 2.75) is 51.7 Å². The highest BCUT2D eigenvalue weighted by Crippen LogP contribution is 2.13. The van der Waals surface area contributed by atoms with Crippen molar-refractivity contribution >= 4 is 12.2 Å². The molecule has 2 rings (SSSR count). The van der Waals surface area contributed by atoms with E-state index in [1.807, 2.05) is 6.92 Å². The van der Waals surface area contributed by atoms with Crippen molar-refractivity contribution in [1.29, 1.82) is 0 Å². The average molecular weight is 360 g/mol. The molecule has 25 heavy (non-hydrogen) atoms. The summed E-state index contributed by atoms with van der Waals surface area (Å²) in [5, 5.41) is 9.16. The molecule has 2 heterocycles. The van der Waals surface area contributed by atoms with Crippen LogP contribution >= 0.6 is 0 Å². The maximum atomic E-state index is 11.3. The molecule has 146 valence electrons. The second kappa shape index (κ2) is 11.9. The van der Waals surface area contributed by atoms with Gasteiger partial charge in [0.15, 0.2) is 0 Å². The van der Waals surface area contributed by atoms with Crippen LogP contribution in [0.15, 0.2) is 0 Å². The quantitative estimate of drug-likeness (QED) is 0.826. The number of aliphatic hydroxyl groups is 1. The van der Waals surface area contributed by atoms with Crippen molar-refractivity contribution in [2.75, 3.05) is 46.5 Å². The monoisotopic (exact) mass is 360 g/mol. The molecule has 8 nitrogen and oxygen atoms in total. The molecule has 0 aromatic heterocycles. The van der Waals surface area contributed by atoms with E-state index < -0.39 is 0 Å². The average Bonchev–Trinajstić information content (AvgIpc) is 2.63. The van der Waals surface area contributed by atoms with Gasteiger partial charge in [-0.25, -0.2) is 9.59 Å². The van der Waals surface area contributed by atoms with Crippen LogP contribution in [0.25, 0.3) is 0 Å². The third kappa shape index (κ3) is 7.92. The summed E-state index contributed by atoms with van der Waals surface area (Å²) in [5.74, 6) is 0. The van der Waals surface area contributed by atoms with Crippen LogP contribution in [0.4, 0.5) is 9.59 Å². The van der Waals surface area contributed by atoms with E-state index in [2.05, 4.69) is 0 Å². The minimum Gasteiger partial charge on any atom is -0.450 e. The molecule has 0 saturated carbocycles. The Labute approximate surface area is 150 Å². The number of carbonyl (C=O) groups excluding carboxylic acids is 2. The Balaban J connectivity index is 0.000000251. The molecule has 0 atom stereocenters. The number of amides is 2. The van der Waals surface area contributed by atoms with Crippen molar-refractivity contribution in [3.05, 3.63) is 0 Å². The van der Waals surface area contributed by atoms with Crippen LogP contribution in [0.5, 0.6) is 0 Å². The SMILES string of the molecule is CCOC(=O)N1CCC(O)CC1.CCOC(=O)N1CCC(OC)CC1. The summed E-state index contributed by atoms with van der Waals surface area (Å²) in [6.07, 6.45) is 2.77. The van der Waals surface area contributed by atoms with Crippen molar-refractivity contribution < 1.29 is 28.9 Å². The van der Waals surface area contributed by atoms with Gasteiger partial charge in [-0.3, -0.25) is 0 Å². The molecule has 0 unspecified atom stereocenters. The van der Waals surface area contributed by atoms with Crippen LogP contribution in [-0.2, 0) is 14.2 Å². The minimum atomic E-state index is -0.260. The zero-order chi connectivity index (χ0) is 18.7. The molecule has 0 aromatic carbocycles. The molecule has 1 N–H and O–H groups in total. The Bertz CT molecular complexity index is 391. The molecule has 8 heteroatoms. The second-order valence-corrected chi connectivity index (χ2v) is 6.04. The number of aliphatic hydroxyl groups excluding tert-OH is 1.